The van der Waals surface area contributed by atoms with Gasteiger partial charge < -0.3 is 18.9 Å². The fourth-order valence-electron chi connectivity index (χ4n) is 3.63. The Labute approximate surface area is 171 Å². The number of carbonyl (C=O) groups excluding carboxylic acids is 1. The van der Waals surface area contributed by atoms with Crippen LogP contribution in [0.25, 0.3) is 0 Å². The van der Waals surface area contributed by atoms with Gasteiger partial charge in [-0.25, -0.2) is 4.79 Å². The van der Waals surface area contributed by atoms with Crippen LogP contribution in [-0.2, 0) is 24.3 Å². The van der Waals surface area contributed by atoms with Gasteiger partial charge in [-0.1, -0.05) is 26.3 Å². The summed E-state index contributed by atoms with van der Waals surface area (Å²) in [6.07, 6.45) is 5.09. The van der Waals surface area contributed by atoms with Crippen molar-refractivity contribution in [1.29, 1.82) is 0 Å². The maximum Gasteiger partial charge on any atom is 0.343 e. The maximum absolute atomic E-state index is 12.8. The molecule has 0 bridgehead atoms. The topological polar surface area (TPSA) is 73.7 Å². The number of aromatic nitrogens is 2. The fraction of sp³-hybridized carbons (Fsp3) is 0.500. The first kappa shape index (κ1) is 21.0. The molecule has 0 radical (unpaired) electrons. The summed E-state index contributed by atoms with van der Waals surface area (Å²) in [7, 11) is 1.35. The molecule has 1 aliphatic heterocycles. The standard InChI is InChI=1S/C22H29N3O4/c1-4-16(2)14-24-9-7-18-21(22(27)28-3)19(12-20(26)25(18)11-10-24)29-15-17-6-5-8-23-13-17/h5-6,8,12-13,16H,4,7,9-11,14-15H2,1-3H3/t16-/m1/s1. The van der Waals surface area contributed by atoms with Crippen LogP contribution >= 0.6 is 0 Å². The number of ether oxygens (including phenoxy) is 2. The molecule has 7 nitrogen and oxygen atoms in total. The Bertz CT molecular complexity index is 895. The van der Waals surface area contributed by atoms with Crippen molar-refractivity contribution < 1.29 is 14.3 Å². The smallest absolute Gasteiger partial charge is 0.343 e. The van der Waals surface area contributed by atoms with Gasteiger partial charge in [0, 0.05) is 62.3 Å². The van der Waals surface area contributed by atoms with E-state index in [0.717, 1.165) is 31.6 Å². The third-order valence-corrected chi connectivity index (χ3v) is 5.46. The molecule has 0 amide bonds. The van der Waals surface area contributed by atoms with Crippen molar-refractivity contribution in [2.45, 2.75) is 39.8 Å². The second kappa shape index (κ2) is 9.69. The van der Waals surface area contributed by atoms with Crippen LogP contribution in [0.2, 0.25) is 0 Å². The third kappa shape index (κ3) is 5.03. The zero-order valence-electron chi connectivity index (χ0n) is 17.4. The first-order chi connectivity index (χ1) is 14.0. The lowest BCUT2D eigenvalue weighted by molar-refractivity contribution is 0.0592. The van der Waals surface area contributed by atoms with Crippen LogP contribution in [0.15, 0.2) is 35.4 Å². The summed E-state index contributed by atoms with van der Waals surface area (Å²) in [5, 5.41) is 0. The zero-order valence-corrected chi connectivity index (χ0v) is 17.4. The van der Waals surface area contributed by atoms with Gasteiger partial charge in [0.25, 0.3) is 5.56 Å². The largest absolute Gasteiger partial charge is 0.488 e. The Morgan fingerprint density at radius 1 is 1.31 bits per heavy atom. The number of nitrogens with zero attached hydrogens (tertiary/aromatic N) is 3. The average molecular weight is 399 g/mol. The van der Waals surface area contributed by atoms with Crippen molar-refractivity contribution in [1.82, 2.24) is 14.5 Å². The van der Waals surface area contributed by atoms with E-state index in [1.807, 2.05) is 12.1 Å². The summed E-state index contributed by atoms with van der Waals surface area (Å²) in [5.41, 5.74) is 1.75. The van der Waals surface area contributed by atoms with Crippen molar-refractivity contribution in [2.75, 3.05) is 26.7 Å². The lowest BCUT2D eigenvalue weighted by atomic mass is 10.1. The van der Waals surface area contributed by atoms with Gasteiger partial charge in [0.2, 0.25) is 0 Å². The lowest BCUT2D eigenvalue weighted by Crippen LogP contribution is -2.32. The monoisotopic (exact) mass is 399 g/mol. The molecule has 0 N–H and O–H groups in total. The molecule has 0 spiro atoms. The SMILES string of the molecule is CC[C@@H](C)CN1CCc2c(C(=O)OC)c(OCc3cccnc3)cc(=O)n2CC1. The molecule has 29 heavy (non-hydrogen) atoms. The molecule has 0 fully saturated rings. The number of esters is 1. The fourth-order valence-corrected chi connectivity index (χ4v) is 3.63. The second-order valence-electron chi connectivity index (χ2n) is 7.53. The minimum Gasteiger partial charge on any atom is -0.488 e. The summed E-state index contributed by atoms with van der Waals surface area (Å²) < 4.78 is 12.6. The highest BCUT2D eigenvalue weighted by molar-refractivity contribution is 5.93. The highest BCUT2D eigenvalue weighted by Gasteiger charge is 2.26. The summed E-state index contributed by atoms with van der Waals surface area (Å²) in [5.74, 6) is 0.379. The molecule has 156 valence electrons. The van der Waals surface area contributed by atoms with E-state index in [2.05, 4.69) is 23.7 Å². The van der Waals surface area contributed by atoms with E-state index >= 15 is 0 Å². The molecule has 3 rings (SSSR count). The number of methoxy groups -OCH3 is 1. The third-order valence-electron chi connectivity index (χ3n) is 5.46. The summed E-state index contributed by atoms with van der Waals surface area (Å²) in [4.78, 5) is 31.8. The molecule has 7 heteroatoms. The summed E-state index contributed by atoms with van der Waals surface area (Å²) in [6, 6.07) is 5.10. The second-order valence-corrected chi connectivity index (χ2v) is 7.53. The van der Waals surface area contributed by atoms with Gasteiger partial charge >= 0.3 is 5.97 Å². The molecule has 2 aromatic rings. The van der Waals surface area contributed by atoms with Gasteiger partial charge in [0.15, 0.2) is 0 Å². The van der Waals surface area contributed by atoms with Crippen LogP contribution in [-0.4, -0.2) is 47.2 Å². The molecule has 3 heterocycles. The van der Waals surface area contributed by atoms with Crippen LogP contribution in [0, 0.1) is 5.92 Å². The molecule has 0 unspecified atom stereocenters. The van der Waals surface area contributed by atoms with Crippen LogP contribution in [0.5, 0.6) is 5.75 Å². The Hall–Kier alpha value is -2.67. The van der Waals surface area contributed by atoms with Gasteiger partial charge in [0.1, 0.15) is 17.9 Å². The molecule has 0 aliphatic carbocycles. The molecular weight excluding hydrogens is 370 g/mol. The Kier molecular flexibility index (Phi) is 7.04. The van der Waals surface area contributed by atoms with E-state index < -0.39 is 5.97 Å². The van der Waals surface area contributed by atoms with E-state index in [1.54, 1.807) is 17.0 Å². The number of hydrogen-bond acceptors (Lipinski definition) is 6. The maximum atomic E-state index is 12.8. The normalized spacial score (nSPS) is 15.3. The molecule has 0 saturated heterocycles. The highest BCUT2D eigenvalue weighted by Crippen LogP contribution is 2.25. The van der Waals surface area contributed by atoms with Crippen LogP contribution in [0.4, 0.5) is 0 Å². The number of fused-ring (bicyclic) bond motifs is 1. The van der Waals surface area contributed by atoms with Crippen molar-refractivity contribution in [3.8, 4) is 5.75 Å². The molecule has 1 atom stereocenters. The predicted molar refractivity (Wildman–Crippen MR) is 110 cm³/mol. The number of hydrogen-bond donors (Lipinski definition) is 0. The minimum atomic E-state index is -0.481. The van der Waals surface area contributed by atoms with E-state index in [-0.39, 0.29) is 17.9 Å². The van der Waals surface area contributed by atoms with Crippen molar-refractivity contribution >= 4 is 5.97 Å². The Morgan fingerprint density at radius 3 is 2.83 bits per heavy atom. The molecule has 0 saturated carbocycles. The summed E-state index contributed by atoms with van der Waals surface area (Å²) in [6.45, 7) is 7.75. The van der Waals surface area contributed by atoms with Gasteiger partial charge in [-0.3, -0.25) is 9.78 Å². The predicted octanol–water partition coefficient (Wildman–Crippen LogP) is 2.51. The van der Waals surface area contributed by atoms with Gasteiger partial charge in [-0.2, -0.15) is 0 Å². The van der Waals surface area contributed by atoms with E-state index in [0.29, 0.717) is 30.1 Å². The van der Waals surface area contributed by atoms with Crippen molar-refractivity contribution in [3.63, 3.8) is 0 Å². The Morgan fingerprint density at radius 2 is 2.14 bits per heavy atom. The van der Waals surface area contributed by atoms with E-state index in [9.17, 15) is 9.59 Å². The minimum absolute atomic E-state index is 0.153. The quantitative estimate of drug-likeness (QED) is 0.666. The molecule has 0 aromatic carbocycles. The van der Waals surface area contributed by atoms with Crippen molar-refractivity contribution in [3.05, 3.63) is 57.8 Å². The number of rotatable bonds is 7. The van der Waals surface area contributed by atoms with Crippen LogP contribution in [0.1, 0.15) is 41.9 Å². The molecule has 1 aliphatic rings. The van der Waals surface area contributed by atoms with E-state index in [1.165, 1.54) is 13.2 Å². The van der Waals surface area contributed by atoms with Gasteiger partial charge in [-0.05, 0) is 12.0 Å². The first-order valence-electron chi connectivity index (χ1n) is 10.1. The highest BCUT2D eigenvalue weighted by atomic mass is 16.5. The molecular formula is C22H29N3O4. The number of pyridine rings is 2. The van der Waals surface area contributed by atoms with E-state index in [4.69, 9.17) is 9.47 Å². The zero-order chi connectivity index (χ0) is 20.8. The van der Waals surface area contributed by atoms with Crippen LogP contribution in [0.3, 0.4) is 0 Å². The Balaban J connectivity index is 1.91. The number of carbonyl (C=O) groups is 1. The molecule has 2 aromatic heterocycles. The lowest BCUT2D eigenvalue weighted by Gasteiger charge is -2.22. The van der Waals surface area contributed by atoms with Crippen molar-refractivity contribution in [2.24, 2.45) is 5.92 Å². The first-order valence-corrected chi connectivity index (χ1v) is 10.1. The summed E-state index contributed by atoms with van der Waals surface area (Å²) >= 11 is 0. The van der Waals surface area contributed by atoms with Gasteiger partial charge in [0.05, 0.1) is 7.11 Å². The average Bonchev–Trinajstić information content (AvgIpc) is 2.95. The van der Waals surface area contributed by atoms with Crippen LogP contribution < -0.4 is 10.3 Å². The van der Waals surface area contributed by atoms with Gasteiger partial charge in [-0.15, -0.1) is 0 Å².